The van der Waals surface area contributed by atoms with Gasteiger partial charge in [-0.1, -0.05) is 0 Å². The van der Waals surface area contributed by atoms with Crippen molar-refractivity contribution in [2.24, 2.45) is 0 Å². The summed E-state index contributed by atoms with van der Waals surface area (Å²) in [5.74, 6) is -0.475. The number of nitrogens with one attached hydrogen (secondary N) is 1. The topological polar surface area (TPSA) is 21.3 Å². The average Bonchev–Trinajstić information content (AvgIpc) is 2.39. The molecule has 0 heterocycles. The Bertz CT molecular complexity index is 599. The Hall–Kier alpha value is -1.62. The number of anilines is 1. The fraction of sp³-hybridized carbons (Fsp3) is 0.200. The molecule has 0 saturated carbocycles. The number of hydrogen-bond acceptors (Lipinski definition) is 2. The van der Waals surface area contributed by atoms with Gasteiger partial charge in [-0.05, 0) is 52.7 Å². The van der Waals surface area contributed by atoms with Crippen LogP contribution in [0.2, 0.25) is 0 Å². The van der Waals surface area contributed by atoms with Gasteiger partial charge in [0.05, 0.1) is 11.6 Å². The summed E-state index contributed by atoms with van der Waals surface area (Å²) in [4.78, 5) is 0. The Morgan fingerprint density at radius 2 is 1.75 bits per heavy atom. The standard InChI is InChI=1S/C15H14BrF2NO/c1-9(10-5-11(17)7-12(18)6-10)19-13-3-4-14(16)15(8-13)20-2/h3-9,19H,1-2H3. The number of rotatable bonds is 4. The van der Waals surface area contributed by atoms with Crippen molar-refractivity contribution in [2.75, 3.05) is 12.4 Å². The predicted octanol–water partition coefficient (Wildman–Crippen LogP) is 4.91. The lowest BCUT2D eigenvalue weighted by Crippen LogP contribution is -2.07. The van der Waals surface area contributed by atoms with Crippen LogP contribution in [0.25, 0.3) is 0 Å². The van der Waals surface area contributed by atoms with Gasteiger partial charge in [0, 0.05) is 23.9 Å². The average molecular weight is 342 g/mol. The summed E-state index contributed by atoms with van der Waals surface area (Å²) in [6, 6.07) is 8.78. The highest BCUT2D eigenvalue weighted by molar-refractivity contribution is 9.10. The van der Waals surface area contributed by atoms with Gasteiger partial charge < -0.3 is 10.1 Å². The first-order valence-electron chi connectivity index (χ1n) is 6.05. The Balaban J connectivity index is 2.20. The molecule has 106 valence electrons. The van der Waals surface area contributed by atoms with E-state index in [0.717, 1.165) is 16.2 Å². The number of hydrogen-bond donors (Lipinski definition) is 1. The van der Waals surface area contributed by atoms with Crippen molar-refractivity contribution in [1.82, 2.24) is 0 Å². The van der Waals surface area contributed by atoms with Gasteiger partial charge in [0.25, 0.3) is 0 Å². The van der Waals surface area contributed by atoms with Gasteiger partial charge in [0.15, 0.2) is 0 Å². The molecule has 0 amide bonds. The lowest BCUT2D eigenvalue weighted by atomic mass is 10.1. The quantitative estimate of drug-likeness (QED) is 0.853. The molecular weight excluding hydrogens is 328 g/mol. The molecule has 2 aromatic rings. The van der Waals surface area contributed by atoms with Crippen molar-refractivity contribution in [3.63, 3.8) is 0 Å². The number of benzene rings is 2. The number of methoxy groups -OCH3 is 1. The third kappa shape index (κ3) is 3.48. The summed E-state index contributed by atoms with van der Waals surface area (Å²) in [5, 5.41) is 3.18. The van der Waals surface area contributed by atoms with E-state index in [2.05, 4.69) is 21.2 Å². The maximum absolute atomic E-state index is 13.2. The second-order valence-electron chi connectivity index (χ2n) is 4.42. The molecule has 0 aliphatic carbocycles. The SMILES string of the molecule is COc1cc(NC(C)c2cc(F)cc(F)c2)ccc1Br. The fourth-order valence-corrected chi connectivity index (χ4v) is 2.32. The van der Waals surface area contributed by atoms with E-state index in [1.807, 2.05) is 25.1 Å². The molecule has 0 radical (unpaired) electrons. The normalized spacial score (nSPS) is 12.1. The lowest BCUT2D eigenvalue weighted by molar-refractivity contribution is 0.412. The molecule has 0 aromatic heterocycles. The van der Waals surface area contributed by atoms with Gasteiger partial charge in [0.1, 0.15) is 17.4 Å². The molecule has 0 aliphatic rings. The van der Waals surface area contributed by atoms with Gasteiger partial charge in [-0.25, -0.2) is 8.78 Å². The van der Waals surface area contributed by atoms with Gasteiger partial charge in [0.2, 0.25) is 0 Å². The zero-order chi connectivity index (χ0) is 14.7. The van der Waals surface area contributed by atoms with Crippen LogP contribution in [0.1, 0.15) is 18.5 Å². The highest BCUT2D eigenvalue weighted by Crippen LogP contribution is 2.29. The van der Waals surface area contributed by atoms with Crippen molar-refractivity contribution in [3.05, 3.63) is 58.1 Å². The van der Waals surface area contributed by atoms with Crippen molar-refractivity contribution in [1.29, 1.82) is 0 Å². The van der Waals surface area contributed by atoms with Crippen molar-refractivity contribution in [2.45, 2.75) is 13.0 Å². The smallest absolute Gasteiger partial charge is 0.135 e. The van der Waals surface area contributed by atoms with Gasteiger partial charge in [-0.2, -0.15) is 0 Å². The molecule has 0 saturated heterocycles. The van der Waals surface area contributed by atoms with Crippen LogP contribution in [0.15, 0.2) is 40.9 Å². The monoisotopic (exact) mass is 341 g/mol. The molecule has 0 bridgehead atoms. The summed E-state index contributed by atoms with van der Waals surface area (Å²) in [7, 11) is 1.58. The summed E-state index contributed by atoms with van der Waals surface area (Å²) >= 11 is 3.37. The summed E-state index contributed by atoms with van der Waals surface area (Å²) in [5.41, 5.74) is 1.35. The van der Waals surface area contributed by atoms with Gasteiger partial charge in [-0.15, -0.1) is 0 Å². The zero-order valence-electron chi connectivity index (χ0n) is 11.1. The van der Waals surface area contributed by atoms with E-state index in [0.29, 0.717) is 11.3 Å². The third-order valence-corrected chi connectivity index (χ3v) is 3.57. The van der Waals surface area contributed by atoms with E-state index in [1.54, 1.807) is 7.11 Å². The lowest BCUT2D eigenvalue weighted by Gasteiger charge is -2.17. The van der Waals surface area contributed by atoms with E-state index in [-0.39, 0.29) is 6.04 Å². The number of ether oxygens (including phenoxy) is 1. The molecule has 0 fully saturated rings. The minimum absolute atomic E-state index is 0.230. The molecule has 2 rings (SSSR count). The summed E-state index contributed by atoms with van der Waals surface area (Å²) in [6.07, 6.45) is 0. The van der Waals surface area contributed by atoms with Crippen LogP contribution in [-0.4, -0.2) is 7.11 Å². The molecule has 0 spiro atoms. The first kappa shape index (κ1) is 14.8. The third-order valence-electron chi connectivity index (χ3n) is 2.92. The van der Waals surface area contributed by atoms with Crippen LogP contribution < -0.4 is 10.1 Å². The predicted molar refractivity (Wildman–Crippen MR) is 79.1 cm³/mol. The molecule has 20 heavy (non-hydrogen) atoms. The van der Waals surface area contributed by atoms with Crippen LogP contribution in [-0.2, 0) is 0 Å². The minimum Gasteiger partial charge on any atom is -0.495 e. The Labute approximate surface area is 124 Å². The Morgan fingerprint density at radius 1 is 1.10 bits per heavy atom. The van der Waals surface area contributed by atoms with Crippen molar-refractivity contribution in [3.8, 4) is 5.75 Å². The van der Waals surface area contributed by atoms with E-state index in [1.165, 1.54) is 12.1 Å². The molecule has 1 atom stereocenters. The molecular formula is C15H14BrF2NO. The second kappa shape index (κ2) is 6.22. The molecule has 2 nitrogen and oxygen atoms in total. The van der Waals surface area contributed by atoms with Gasteiger partial charge in [-0.3, -0.25) is 0 Å². The van der Waals surface area contributed by atoms with Crippen molar-refractivity contribution < 1.29 is 13.5 Å². The molecule has 0 aliphatic heterocycles. The van der Waals surface area contributed by atoms with Crippen LogP contribution in [0.4, 0.5) is 14.5 Å². The van der Waals surface area contributed by atoms with Crippen LogP contribution in [0.5, 0.6) is 5.75 Å². The minimum atomic E-state index is -0.581. The largest absolute Gasteiger partial charge is 0.495 e. The van der Waals surface area contributed by atoms with Crippen LogP contribution in [0, 0.1) is 11.6 Å². The maximum atomic E-state index is 13.2. The highest BCUT2D eigenvalue weighted by Gasteiger charge is 2.10. The number of halogens is 3. The van der Waals surface area contributed by atoms with Crippen LogP contribution >= 0.6 is 15.9 Å². The van der Waals surface area contributed by atoms with E-state index < -0.39 is 11.6 Å². The van der Waals surface area contributed by atoms with E-state index >= 15 is 0 Å². The molecule has 1 N–H and O–H groups in total. The fourth-order valence-electron chi connectivity index (χ4n) is 1.91. The van der Waals surface area contributed by atoms with E-state index in [9.17, 15) is 8.78 Å². The molecule has 5 heteroatoms. The molecule has 1 unspecified atom stereocenters. The Kier molecular flexibility index (Phi) is 4.60. The summed E-state index contributed by atoms with van der Waals surface area (Å²) < 4.78 is 32.5. The first-order valence-corrected chi connectivity index (χ1v) is 6.85. The van der Waals surface area contributed by atoms with Crippen molar-refractivity contribution >= 4 is 21.6 Å². The molecule has 2 aromatic carbocycles. The second-order valence-corrected chi connectivity index (χ2v) is 5.27. The summed E-state index contributed by atoms with van der Waals surface area (Å²) in [6.45, 7) is 1.84. The van der Waals surface area contributed by atoms with E-state index in [4.69, 9.17) is 4.74 Å². The van der Waals surface area contributed by atoms with Gasteiger partial charge >= 0.3 is 0 Å². The maximum Gasteiger partial charge on any atom is 0.135 e. The Morgan fingerprint density at radius 3 is 2.35 bits per heavy atom. The zero-order valence-corrected chi connectivity index (χ0v) is 12.7. The van der Waals surface area contributed by atoms with Crippen LogP contribution in [0.3, 0.4) is 0 Å². The first-order chi connectivity index (χ1) is 9.49. The highest BCUT2D eigenvalue weighted by atomic mass is 79.9.